The molecule has 3 unspecified atom stereocenters. The van der Waals surface area contributed by atoms with Gasteiger partial charge in [-0.15, -0.1) is 11.8 Å². The highest BCUT2D eigenvalue weighted by Crippen LogP contribution is 2.34. The molecule has 2 heterocycles. The molecule has 0 saturated heterocycles. The molecular formula is C20H26N4O2S. The van der Waals surface area contributed by atoms with E-state index in [9.17, 15) is 4.79 Å². The maximum absolute atomic E-state index is 12.4. The number of thioether (sulfide) groups is 1. The number of para-hydroxylation sites is 1. The average molecular weight is 387 g/mol. The molecule has 144 valence electrons. The number of urea groups is 1. The molecule has 1 aliphatic heterocycles. The van der Waals surface area contributed by atoms with E-state index in [4.69, 9.17) is 4.74 Å². The number of hydrogen-bond acceptors (Lipinski definition) is 4. The van der Waals surface area contributed by atoms with Gasteiger partial charge < -0.3 is 15.4 Å². The first kappa shape index (κ1) is 18.2. The van der Waals surface area contributed by atoms with E-state index in [1.807, 2.05) is 36.1 Å². The summed E-state index contributed by atoms with van der Waals surface area (Å²) in [6, 6.07) is 8.18. The molecule has 2 aromatic rings. The minimum Gasteiger partial charge on any atom is -0.487 e. The van der Waals surface area contributed by atoms with E-state index in [2.05, 4.69) is 28.0 Å². The molecule has 0 radical (unpaired) electrons. The summed E-state index contributed by atoms with van der Waals surface area (Å²) < 4.78 is 7.82. The molecule has 4 rings (SSSR count). The lowest BCUT2D eigenvalue weighted by Gasteiger charge is -2.26. The summed E-state index contributed by atoms with van der Waals surface area (Å²) in [7, 11) is 1.94. The molecule has 2 aliphatic rings. The van der Waals surface area contributed by atoms with Crippen LogP contribution in [-0.4, -0.2) is 40.3 Å². The Hall–Kier alpha value is -2.15. The van der Waals surface area contributed by atoms with Crippen LogP contribution >= 0.6 is 11.8 Å². The van der Waals surface area contributed by atoms with Gasteiger partial charge in [0, 0.05) is 29.9 Å². The Labute approximate surface area is 164 Å². The minimum absolute atomic E-state index is 0.00502. The molecule has 27 heavy (non-hydrogen) atoms. The number of carbonyl (C=O) groups excluding carboxylic acids is 1. The topological polar surface area (TPSA) is 68.2 Å². The van der Waals surface area contributed by atoms with Gasteiger partial charge in [-0.2, -0.15) is 5.10 Å². The van der Waals surface area contributed by atoms with Gasteiger partial charge in [0.05, 0.1) is 12.7 Å². The third-order valence-corrected chi connectivity index (χ3v) is 6.48. The second-order valence-corrected chi connectivity index (χ2v) is 8.44. The Morgan fingerprint density at radius 1 is 1.37 bits per heavy atom. The molecular weight excluding hydrogens is 360 g/mol. The highest BCUT2D eigenvalue weighted by Gasteiger charge is 2.29. The van der Waals surface area contributed by atoms with Crippen molar-refractivity contribution in [1.29, 1.82) is 0 Å². The fourth-order valence-corrected chi connectivity index (χ4v) is 4.93. The smallest absolute Gasteiger partial charge is 0.315 e. The van der Waals surface area contributed by atoms with E-state index < -0.39 is 0 Å². The van der Waals surface area contributed by atoms with Crippen LogP contribution in [0.1, 0.15) is 24.8 Å². The van der Waals surface area contributed by atoms with Crippen LogP contribution in [0.5, 0.6) is 5.75 Å². The number of benzene rings is 1. The molecule has 0 spiro atoms. The van der Waals surface area contributed by atoms with Crippen LogP contribution in [0.2, 0.25) is 0 Å². The Morgan fingerprint density at radius 2 is 2.26 bits per heavy atom. The van der Waals surface area contributed by atoms with E-state index in [-0.39, 0.29) is 18.2 Å². The number of aromatic nitrogens is 2. The predicted molar refractivity (Wildman–Crippen MR) is 106 cm³/mol. The van der Waals surface area contributed by atoms with Crippen molar-refractivity contribution in [3.05, 3.63) is 42.2 Å². The third-order valence-electron chi connectivity index (χ3n) is 5.29. The van der Waals surface area contributed by atoms with Crippen LogP contribution in [0, 0.1) is 5.92 Å². The molecule has 7 heteroatoms. The predicted octanol–water partition coefficient (Wildman–Crippen LogP) is 2.98. The van der Waals surface area contributed by atoms with Crippen LogP contribution in [0.15, 0.2) is 41.6 Å². The number of carbonyl (C=O) groups is 1. The standard InChI is InChI=1S/C20H26N4O2S/c1-24-12-14(10-22-24)9-15-5-4-6-17(15)23-20(25)21-11-16-13-27-19-8-3-2-7-18(19)26-16/h2-3,7-8,10,12,15-17H,4-6,9,11,13H2,1H3,(H2,21,23,25). The summed E-state index contributed by atoms with van der Waals surface area (Å²) >= 11 is 1.78. The van der Waals surface area contributed by atoms with Gasteiger partial charge in [0.2, 0.25) is 0 Å². The highest BCUT2D eigenvalue weighted by atomic mass is 32.2. The molecule has 2 amide bonds. The van der Waals surface area contributed by atoms with Gasteiger partial charge in [-0.3, -0.25) is 4.68 Å². The molecule has 2 N–H and O–H groups in total. The number of aryl methyl sites for hydroxylation is 1. The van der Waals surface area contributed by atoms with E-state index in [0.29, 0.717) is 12.5 Å². The minimum atomic E-state index is -0.0921. The summed E-state index contributed by atoms with van der Waals surface area (Å²) in [5, 5.41) is 10.4. The molecule has 1 saturated carbocycles. The van der Waals surface area contributed by atoms with Gasteiger partial charge in [0.1, 0.15) is 11.9 Å². The largest absolute Gasteiger partial charge is 0.487 e. The summed E-state index contributed by atoms with van der Waals surface area (Å²) in [5.74, 6) is 2.24. The van der Waals surface area contributed by atoms with Gasteiger partial charge in [-0.1, -0.05) is 18.6 Å². The molecule has 1 fully saturated rings. The SMILES string of the molecule is Cn1cc(CC2CCCC2NC(=O)NCC2CSc3ccccc3O2)cn1. The van der Waals surface area contributed by atoms with Crippen LogP contribution in [-0.2, 0) is 13.5 Å². The van der Waals surface area contributed by atoms with Gasteiger partial charge in [0.25, 0.3) is 0 Å². The van der Waals surface area contributed by atoms with E-state index in [1.165, 1.54) is 10.5 Å². The Balaban J connectivity index is 1.24. The van der Waals surface area contributed by atoms with Crippen molar-refractivity contribution in [2.45, 2.75) is 42.7 Å². The zero-order valence-corrected chi connectivity index (χ0v) is 16.4. The summed E-state index contributed by atoms with van der Waals surface area (Å²) in [5.41, 5.74) is 1.24. The Bertz CT molecular complexity index is 794. The van der Waals surface area contributed by atoms with Gasteiger partial charge >= 0.3 is 6.03 Å². The van der Waals surface area contributed by atoms with Crippen molar-refractivity contribution >= 4 is 17.8 Å². The van der Waals surface area contributed by atoms with Gasteiger partial charge in [0.15, 0.2) is 0 Å². The second kappa shape index (κ2) is 8.25. The lowest BCUT2D eigenvalue weighted by Crippen LogP contribution is -2.47. The van der Waals surface area contributed by atoms with Crippen LogP contribution in [0.3, 0.4) is 0 Å². The highest BCUT2D eigenvalue weighted by molar-refractivity contribution is 7.99. The fraction of sp³-hybridized carbons (Fsp3) is 0.500. The first-order valence-electron chi connectivity index (χ1n) is 9.58. The second-order valence-electron chi connectivity index (χ2n) is 7.38. The van der Waals surface area contributed by atoms with E-state index in [0.717, 1.165) is 37.2 Å². The number of hydrogen-bond donors (Lipinski definition) is 2. The maximum Gasteiger partial charge on any atom is 0.315 e. The van der Waals surface area contributed by atoms with E-state index >= 15 is 0 Å². The summed E-state index contributed by atoms with van der Waals surface area (Å²) in [6.45, 7) is 0.521. The number of nitrogens with one attached hydrogen (secondary N) is 2. The van der Waals surface area contributed by atoms with Crippen molar-refractivity contribution in [3.63, 3.8) is 0 Å². The van der Waals surface area contributed by atoms with Crippen LogP contribution in [0.4, 0.5) is 4.79 Å². The maximum atomic E-state index is 12.4. The van der Waals surface area contributed by atoms with Crippen molar-refractivity contribution in [3.8, 4) is 5.75 Å². The number of rotatable bonds is 5. The third kappa shape index (κ3) is 4.58. The van der Waals surface area contributed by atoms with Crippen molar-refractivity contribution in [2.24, 2.45) is 13.0 Å². The normalized spacial score (nSPS) is 24.1. The zero-order chi connectivity index (χ0) is 18.6. The van der Waals surface area contributed by atoms with Crippen LogP contribution < -0.4 is 15.4 Å². The van der Waals surface area contributed by atoms with Gasteiger partial charge in [-0.05, 0) is 42.9 Å². The van der Waals surface area contributed by atoms with Gasteiger partial charge in [-0.25, -0.2) is 4.79 Å². The quantitative estimate of drug-likeness (QED) is 0.829. The first-order chi connectivity index (χ1) is 13.2. The monoisotopic (exact) mass is 386 g/mol. The van der Waals surface area contributed by atoms with Crippen molar-refractivity contribution < 1.29 is 9.53 Å². The van der Waals surface area contributed by atoms with E-state index in [1.54, 1.807) is 11.8 Å². The molecule has 1 aromatic heterocycles. The number of nitrogens with zero attached hydrogens (tertiary/aromatic N) is 2. The lowest BCUT2D eigenvalue weighted by molar-refractivity contribution is 0.201. The lowest BCUT2D eigenvalue weighted by atomic mass is 9.96. The average Bonchev–Trinajstić information content (AvgIpc) is 3.29. The Kier molecular flexibility index (Phi) is 5.57. The number of amides is 2. The molecule has 3 atom stereocenters. The van der Waals surface area contributed by atoms with Crippen LogP contribution in [0.25, 0.3) is 0 Å². The summed E-state index contributed by atoms with van der Waals surface area (Å²) in [6.07, 6.45) is 8.31. The first-order valence-corrected chi connectivity index (χ1v) is 10.6. The summed E-state index contributed by atoms with van der Waals surface area (Å²) in [4.78, 5) is 13.6. The van der Waals surface area contributed by atoms with Crippen molar-refractivity contribution in [2.75, 3.05) is 12.3 Å². The molecule has 1 aromatic carbocycles. The molecule has 1 aliphatic carbocycles. The number of ether oxygens (including phenoxy) is 1. The molecule has 6 nitrogen and oxygen atoms in total. The Morgan fingerprint density at radius 3 is 3.11 bits per heavy atom. The van der Waals surface area contributed by atoms with Crippen molar-refractivity contribution in [1.82, 2.24) is 20.4 Å². The number of fused-ring (bicyclic) bond motifs is 1. The zero-order valence-electron chi connectivity index (χ0n) is 15.6. The fourth-order valence-electron chi connectivity index (χ4n) is 3.94. The molecule has 0 bridgehead atoms.